The van der Waals surface area contributed by atoms with Crippen molar-refractivity contribution in [1.82, 2.24) is 15.3 Å². The number of methoxy groups -OCH3 is 1. The molecule has 0 aliphatic carbocycles. The Labute approximate surface area is 134 Å². The molecule has 120 valence electrons. The van der Waals surface area contributed by atoms with E-state index in [1.165, 1.54) is 13.3 Å². The van der Waals surface area contributed by atoms with Crippen LogP contribution in [0.3, 0.4) is 0 Å². The molecule has 2 rings (SSSR count). The fraction of sp³-hybridized carbons (Fsp3) is 0.250. The summed E-state index contributed by atoms with van der Waals surface area (Å²) in [5.74, 6) is -1.05. The first-order valence-electron chi connectivity index (χ1n) is 7.01. The largest absolute Gasteiger partial charge is 0.481 e. The number of nitrogens with one attached hydrogen (secondary N) is 2. The second-order valence-corrected chi connectivity index (χ2v) is 4.95. The van der Waals surface area contributed by atoms with E-state index in [9.17, 15) is 9.59 Å². The Balaban J connectivity index is 2.00. The number of aromatic nitrogens is 2. The third kappa shape index (κ3) is 4.26. The molecule has 0 unspecified atom stereocenters. The molecule has 7 nitrogen and oxygen atoms in total. The number of nitrogens with zero attached hydrogens (tertiary/aromatic N) is 2. The molecule has 0 fully saturated rings. The third-order valence-electron chi connectivity index (χ3n) is 3.18. The fourth-order valence-corrected chi connectivity index (χ4v) is 2.09. The predicted octanol–water partition coefficient (Wildman–Crippen LogP) is 1.36. The normalized spacial score (nSPS) is 10.0. The molecule has 2 aromatic heterocycles. The van der Waals surface area contributed by atoms with E-state index in [2.05, 4.69) is 20.6 Å². The van der Waals surface area contributed by atoms with Gasteiger partial charge in [-0.2, -0.15) is 0 Å². The van der Waals surface area contributed by atoms with Crippen LogP contribution in [0.4, 0.5) is 5.69 Å². The van der Waals surface area contributed by atoms with E-state index in [0.717, 1.165) is 16.8 Å². The Morgan fingerprint density at radius 2 is 2.04 bits per heavy atom. The average molecular weight is 314 g/mol. The molecule has 2 N–H and O–H groups in total. The molecule has 0 bridgehead atoms. The topological polar surface area (TPSA) is 93.2 Å². The summed E-state index contributed by atoms with van der Waals surface area (Å²) in [7, 11) is 1.52. The lowest BCUT2D eigenvalue weighted by Gasteiger charge is -2.12. The third-order valence-corrected chi connectivity index (χ3v) is 3.18. The number of aryl methyl sites for hydroxylation is 2. The first-order chi connectivity index (χ1) is 11.0. The van der Waals surface area contributed by atoms with Gasteiger partial charge in [-0.15, -0.1) is 0 Å². The summed E-state index contributed by atoms with van der Waals surface area (Å²) in [5.41, 5.74) is 2.95. The predicted molar refractivity (Wildman–Crippen MR) is 85.0 cm³/mol. The minimum atomic E-state index is -0.755. The van der Waals surface area contributed by atoms with Crippen LogP contribution < -0.4 is 15.4 Å². The quantitative estimate of drug-likeness (QED) is 0.831. The summed E-state index contributed by atoms with van der Waals surface area (Å²) in [4.78, 5) is 31.8. The van der Waals surface area contributed by atoms with Crippen molar-refractivity contribution in [3.05, 3.63) is 47.4 Å². The molecule has 2 amide bonds. The zero-order chi connectivity index (χ0) is 16.8. The Morgan fingerprint density at radius 3 is 2.70 bits per heavy atom. The van der Waals surface area contributed by atoms with Crippen LogP contribution in [0.2, 0.25) is 0 Å². The van der Waals surface area contributed by atoms with Crippen LogP contribution in [0.15, 0.2) is 30.6 Å². The summed E-state index contributed by atoms with van der Waals surface area (Å²) in [6.07, 6.45) is 3.04. The van der Waals surface area contributed by atoms with Gasteiger partial charge in [-0.25, -0.2) is 4.98 Å². The Bertz CT molecular complexity index is 717. The SMILES string of the molecule is COc1nc(C)cc(C)c1CNC(=O)C(=O)Nc1cccnc1. The molecule has 0 aromatic carbocycles. The number of hydrogen-bond acceptors (Lipinski definition) is 5. The number of carbonyl (C=O) groups excluding carboxylic acids is 2. The molecular formula is C16H18N4O3. The van der Waals surface area contributed by atoms with Gasteiger partial charge in [0.25, 0.3) is 0 Å². The van der Waals surface area contributed by atoms with Gasteiger partial charge >= 0.3 is 11.8 Å². The highest BCUT2D eigenvalue weighted by atomic mass is 16.5. The molecule has 0 saturated heterocycles. The van der Waals surface area contributed by atoms with Gasteiger partial charge in [-0.3, -0.25) is 14.6 Å². The zero-order valence-corrected chi connectivity index (χ0v) is 13.2. The summed E-state index contributed by atoms with van der Waals surface area (Å²) < 4.78 is 5.22. The standard InChI is InChI=1S/C16H18N4O3/c1-10-7-11(2)19-16(23-3)13(10)9-18-14(21)15(22)20-12-5-4-6-17-8-12/h4-8H,9H2,1-3H3,(H,18,21)(H,20,22). The molecule has 0 spiro atoms. The minimum Gasteiger partial charge on any atom is -0.481 e. The van der Waals surface area contributed by atoms with Crippen LogP contribution in [0.1, 0.15) is 16.8 Å². The van der Waals surface area contributed by atoms with Gasteiger partial charge in [0.2, 0.25) is 5.88 Å². The molecule has 7 heteroatoms. The van der Waals surface area contributed by atoms with Crippen molar-refractivity contribution in [2.24, 2.45) is 0 Å². The molecular weight excluding hydrogens is 296 g/mol. The Morgan fingerprint density at radius 1 is 1.26 bits per heavy atom. The van der Waals surface area contributed by atoms with Crippen molar-refractivity contribution < 1.29 is 14.3 Å². The van der Waals surface area contributed by atoms with E-state index in [1.807, 2.05) is 19.9 Å². The van der Waals surface area contributed by atoms with Crippen molar-refractivity contribution in [2.45, 2.75) is 20.4 Å². The second kappa shape index (κ2) is 7.35. The van der Waals surface area contributed by atoms with Gasteiger partial charge in [-0.1, -0.05) is 0 Å². The second-order valence-electron chi connectivity index (χ2n) is 4.95. The maximum absolute atomic E-state index is 11.9. The number of carbonyl (C=O) groups is 2. The van der Waals surface area contributed by atoms with Crippen LogP contribution in [-0.2, 0) is 16.1 Å². The van der Waals surface area contributed by atoms with Crippen LogP contribution in [-0.4, -0.2) is 28.9 Å². The summed E-state index contributed by atoms with van der Waals surface area (Å²) in [6.45, 7) is 3.91. The lowest BCUT2D eigenvalue weighted by atomic mass is 10.1. The average Bonchev–Trinajstić information content (AvgIpc) is 2.53. The smallest absolute Gasteiger partial charge is 0.313 e. The number of ether oxygens (including phenoxy) is 1. The van der Waals surface area contributed by atoms with E-state index in [0.29, 0.717) is 11.6 Å². The summed E-state index contributed by atoms with van der Waals surface area (Å²) in [5, 5.41) is 5.03. The van der Waals surface area contributed by atoms with Crippen LogP contribution in [0.5, 0.6) is 5.88 Å². The fourth-order valence-electron chi connectivity index (χ4n) is 2.09. The highest BCUT2D eigenvalue weighted by Crippen LogP contribution is 2.20. The van der Waals surface area contributed by atoms with Crippen LogP contribution in [0.25, 0.3) is 0 Å². The number of anilines is 1. The van der Waals surface area contributed by atoms with Crippen molar-refractivity contribution in [3.8, 4) is 5.88 Å². The monoisotopic (exact) mass is 314 g/mol. The molecule has 0 atom stereocenters. The van der Waals surface area contributed by atoms with Gasteiger partial charge in [0.15, 0.2) is 0 Å². The van der Waals surface area contributed by atoms with E-state index >= 15 is 0 Å². The molecule has 2 aromatic rings. The molecule has 23 heavy (non-hydrogen) atoms. The van der Waals surface area contributed by atoms with Crippen molar-refractivity contribution in [1.29, 1.82) is 0 Å². The number of amides is 2. The van der Waals surface area contributed by atoms with Gasteiger partial charge < -0.3 is 15.4 Å². The minimum absolute atomic E-state index is 0.154. The first-order valence-corrected chi connectivity index (χ1v) is 7.01. The summed E-state index contributed by atoms with van der Waals surface area (Å²) in [6, 6.07) is 5.20. The number of rotatable bonds is 4. The van der Waals surface area contributed by atoms with Crippen molar-refractivity contribution in [2.75, 3.05) is 12.4 Å². The molecule has 0 aliphatic heterocycles. The molecule has 0 radical (unpaired) electrons. The Kier molecular flexibility index (Phi) is 5.24. The maximum Gasteiger partial charge on any atom is 0.313 e. The maximum atomic E-state index is 11.9. The molecule has 0 saturated carbocycles. The highest BCUT2D eigenvalue weighted by molar-refractivity contribution is 6.39. The highest BCUT2D eigenvalue weighted by Gasteiger charge is 2.16. The lowest BCUT2D eigenvalue weighted by molar-refractivity contribution is -0.136. The first kappa shape index (κ1) is 16.4. The van der Waals surface area contributed by atoms with Crippen molar-refractivity contribution >= 4 is 17.5 Å². The zero-order valence-electron chi connectivity index (χ0n) is 13.2. The number of pyridine rings is 2. The van der Waals surface area contributed by atoms with Gasteiger partial charge in [0, 0.05) is 24.0 Å². The lowest BCUT2D eigenvalue weighted by Crippen LogP contribution is -2.35. The van der Waals surface area contributed by atoms with E-state index in [1.54, 1.807) is 18.3 Å². The van der Waals surface area contributed by atoms with Crippen LogP contribution in [0, 0.1) is 13.8 Å². The summed E-state index contributed by atoms with van der Waals surface area (Å²) >= 11 is 0. The van der Waals surface area contributed by atoms with E-state index in [4.69, 9.17) is 4.74 Å². The van der Waals surface area contributed by atoms with E-state index < -0.39 is 11.8 Å². The van der Waals surface area contributed by atoms with Crippen LogP contribution >= 0.6 is 0 Å². The number of hydrogen-bond donors (Lipinski definition) is 2. The van der Waals surface area contributed by atoms with E-state index in [-0.39, 0.29) is 6.54 Å². The van der Waals surface area contributed by atoms with Crippen molar-refractivity contribution in [3.63, 3.8) is 0 Å². The van der Waals surface area contributed by atoms with Gasteiger partial charge in [0.05, 0.1) is 19.0 Å². The van der Waals surface area contributed by atoms with Gasteiger partial charge in [-0.05, 0) is 37.6 Å². The molecule has 2 heterocycles. The Hall–Kier alpha value is -2.96. The molecule has 0 aliphatic rings. The van der Waals surface area contributed by atoms with Gasteiger partial charge in [0.1, 0.15) is 0 Å².